The molecular weight excluding hydrogens is 378 g/mol. The van der Waals surface area contributed by atoms with Gasteiger partial charge in [-0.3, -0.25) is 14.8 Å². The van der Waals surface area contributed by atoms with Crippen molar-refractivity contribution in [3.63, 3.8) is 0 Å². The Morgan fingerprint density at radius 2 is 1.90 bits per heavy atom. The molecule has 0 saturated carbocycles. The molecule has 4 heterocycles. The highest BCUT2D eigenvalue weighted by atomic mass is 16.3. The molecule has 3 aromatic rings. The van der Waals surface area contributed by atoms with Gasteiger partial charge in [0.1, 0.15) is 5.75 Å². The van der Waals surface area contributed by atoms with Crippen LogP contribution >= 0.6 is 0 Å². The number of likely N-dealkylation sites (tertiary alicyclic amines) is 2. The zero-order valence-corrected chi connectivity index (χ0v) is 17.2. The fourth-order valence-corrected chi connectivity index (χ4v) is 4.67. The molecule has 0 radical (unpaired) electrons. The molecule has 5 rings (SSSR count). The largest absolute Gasteiger partial charge is 0.508 e. The highest BCUT2D eigenvalue weighted by Crippen LogP contribution is 2.28. The highest BCUT2D eigenvalue weighted by molar-refractivity contribution is 6.06. The van der Waals surface area contributed by atoms with E-state index < -0.39 is 0 Å². The van der Waals surface area contributed by atoms with Gasteiger partial charge in [0.25, 0.3) is 5.91 Å². The van der Waals surface area contributed by atoms with Crippen molar-refractivity contribution < 1.29 is 9.90 Å². The molecule has 2 fully saturated rings. The van der Waals surface area contributed by atoms with Crippen LogP contribution in [0.3, 0.4) is 0 Å². The summed E-state index contributed by atoms with van der Waals surface area (Å²) in [6.45, 7) is 6.17. The molecule has 1 aromatic carbocycles. The van der Waals surface area contributed by atoms with E-state index in [9.17, 15) is 9.90 Å². The minimum absolute atomic E-state index is 0.0386. The van der Waals surface area contributed by atoms with E-state index in [1.54, 1.807) is 30.5 Å². The second-order valence-corrected chi connectivity index (χ2v) is 8.65. The lowest BCUT2D eigenvalue weighted by atomic mass is 9.98. The number of piperidine rings is 1. The van der Waals surface area contributed by atoms with Gasteiger partial charge in [-0.1, -0.05) is 6.92 Å². The van der Waals surface area contributed by atoms with Gasteiger partial charge in [-0.15, -0.1) is 0 Å². The van der Waals surface area contributed by atoms with Crippen LogP contribution in [0.2, 0.25) is 0 Å². The topological polar surface area (TPSA) is 85.4 Å². The summed E-state index contributed by atoms with van der Waals surface area (Å²) in [4.78, 5) is 22.6. The highest BCUT2D eigenvalue weighted by Gasteiger charge is 2.33. The smallest absolute Gasteiger partial charge is 0.254 e. The van der Waals surface area contributed by atoms with Crippen molar-refractivity contribution in [1.82, 2.24) is 25.0 Å². The van der Waals surface area contributed by atoms with Crippen molar-refractivity contribution in [2.24, 2.45) is 5.92 Å². The summed E-state index contributed by atoms with van der Waals surface area (Å²) in [6, 6.07) is 9.16. The van der Waals surface area contributed by atoms with Crippen molar-refractivity contribution in [3.05, 3.63) is 42.1 Å². The minimum Gasteiger partial charge on any atom is -0.508 e. The number of rotatable bonds is 3. The number of phenolic OH excluding ortho intramolecular Hbond substituents is 1. The SMILES string of the molecule is CC1CCN(C2CCN(C(=O)c3cc(-c4ccc(O)cc4)nc4[nH]ncc34)C2)CC1. The lowest BCUT2D eigenvalue weighted by molar-refractivity contribution is 0.0767. The van der Waals surface area contributed by atoms with Crippen molar-refractivity contribution in [2.75, 3.05) is 26.2 Å². The number of benzene rings is 1. The van der Waals surface area contributed by atoms with Crippen LogP contribution in [-0.2, 0) is 0 Å². The average molecular weight is 406 g/mol. The van der Waals surface area contributed by atoms with E-state index in [4.69, 9.17) is 0 Å². The fraction of sp³-hybridized carbons (Fsp3) is 0.435. The number of aromatic hydroxyl groups is 1. The molecule has 2 saturated heterocycles. The monoisotopic (exact) mass is 405 g/mol. The molecule has 0 aliphatic carbocycles. The average Bonchev–Trinajstić information content (AvgIpc) is 3.43. The number of amides is 1. The summed E-state index contributed by atoms with van der Waals surface area (Å²) in [5, 5.41) is 17.3. The number of aromatic nitrogens is 3. The van der Waals surface area contributed by atoms with E-state index in [0.717, 1.165) is 49.5 Å². The Morgan fingerprint density at radius 1 is 1.13 bits per heavy atom. The third-order valence-electron chi connectivity index (χ3n) is 6.60. The quantitative estimate of drug-likeness (QED) is 0.699. The predicted octanol–water partition coefficient (Wildman–Crippen LogP) is 3.28. The summed E-state index contributed by atoms with van der Waals surface area (Å²) >= 11 is 0. The first-order valence-electron chi connectivity index (χ1n) is 10.8. The van der Waals surface area contributed by atoms with Gasteiger partial charge >= 0.3 is 0 Å². The number of carbonyl (C=O) groups is 1. The first kappa shape index (κ1) is 19.1. The predicted molar refractivity (Wildman–Crippen MR) is 115 cm³/mol. The van der Waals surface area contributed by atoms with Crippen LogP contribution in [0.15, 0.2) is 36.5 Å². The van der Waals surface area contributed by atoms with Gasteiger partial charge < -0.3 is 10.0 Å². The number of fused-ring (bicyclic) bond motifs is 1. The maximum absolute atomic E-state index is 13.5. The van der Waals surface area contributed by atoms with E-state index >= 15 is 0 Å². The van der Waals surface area contributed by atoms with Gasteiger partial charge in [-0.25, -0.2) is 4.98 Å². The molecule has 2 aliphatic rings. The third kappa shape index (κ3) is 3.54. The molecule has 2 aromatic heterocycles. The molecular formula is C23H27N5O2. The first-order valence-corrected chi connectivity index (χ1v) is 10.8. The van der Waals surface area contributed by atoms with Crippen LogP contribution in [0.5, 0.6) is 5.75 Å². The number of nitrogens with zero attached hydrogens (tertiary/aromatic N) is 4. The number of hydrogen-bond acceptors (Lipinski definition) is 5. The van der Waals surface area contributed by atoms with Crippen molar-refractivity contribution in [1.29, 1.82) is 0 Å². The molecule has 1 atom stereocenters. The van der Waals surface area contributed by atoms with Crippen molar-refractivity contribution in [2.45, 2.75) is 32.2 Å². The van der Waals surface area contributed by atoms with Crippen molar-refractivity contribution in [3.8, 4) is 17.0 Å². The zero-order chi connectivity index (χ0) is 20.7. The number of hydrogen-bond donors (Lipinski definition) is 2. The molecule has 1 unspecified atom stereocenters. The molecule has 7 nitrogen and oxygen atoms in total. The van der Waals surface area contributed by atoms with Crippen molar-refractivity contribution >= 4 is 16.9 Å². The van der Waals surface area contributed by atoms with E-state index in [2.05, 4.69) is 27.0 Å². The van der Waals surface area contributed by atoms with Gasteiger partial charge in [0, 0.05) is 24.7 Å². The van der Waals surface area contributed by atoms with Gasteiger partial charge in [-0.05, 0) is 68.6 Å². The molecule has 7 heteroatoms. The van der Waals surface area contributed by atoms with Crippen LogP contribution in [0, 0.1) is 5.92 Å². The Balaban J connectivity index is 1.41. The van der Waals surface area contributed by atoms with Gasteiger partial charge in [0.05, 0.1) is 22.8 Å². The summed E-state index contributed by atoms with van der Waals surface area (Å²) in [5.41, 5.74) is 2.77. The van der Waals surface area contributed by atoms with E-state index in [-0.39, 0.29) is 11.7 Å². The number of pyridine rings is 1. The summed E-state index contributed by atoms with van der Waals surface area (Å²) in [5.74, 6) is 1.05. The summed E-state index contributed by atoms with van der Waals surface area (Å²) < 4.78 is 0. The summed E-state index contributed by atoms with van der Waals surface area (Å²) in [6.07, 6.45) is 5.21. The molecule has 2 aliphatic heterocycles. The standard InChI is InChI=1S/C23H27N5O2/c1-15-6-9-27(10-7-15)17-8-11-28(14-17)23(30)19-12-21(16-2-4-18(29)5-3-16)25-22-20(19)13-24-26-22/h2-5,12-13,15,17,29H,6-11,14H2,1H3,(H,24,25,26). The molecule has 0 bridgehead atoms. The van der Waals surface area contributed by atoms with E-state index in [0.29, 0.717) is 22.9 Å². The van der Waals surface area contributed by atoms with E-state index in [1.807, 2.05) is 11.0 Å². The maximum atomic E-state index is 13.5. The Labute approximate surface area is 175 Å². The van der Waals surface area contributed by atoms with Gasteiger partial charge in [0.2, 0.25) is 0 Å². The molecule has 1 amide bonds. The Kier molecular flexibility index (Phi) is 4.90. The van der Waals surface area contributed by atoms with Crippen LogP contribution < -0.4 is 0 Å². The van der Waals surface area contributed by atoms with Gasteiger partial charge in [-0.2, -0.15) is 5.10 Å². The number of phenols is 1. The lowest BCUT2D eigenvalue weighted by Crippen LogP contribution is -2.43. The Hall–Kier alpha value is -2.93. The second-order valence-electron chi connectivity index (χ2n) is 8.65. The number of H-pyrrole nitrogens is 1. The van der Waals surface area contributed by atoms with Crippen LogP contribution in [0.1, 0.15) is 36.5 Å². The second kappa shape index (κ2) is 7.72. The number of nitrogens with one attached hydrogen (secondary N) is 1. The molecule has 156 valence electrons. The Bertz CT molecular complexity index is 1050. The number of aromatic amines is 1. The lowest BCUT2D eigenvalue weighted by Gasteiger charge is -2.34. The van der Waals surface area contributed by atoms with Gasteiger partial charge in [0.15, 0.2) is 5.65 Å². The molecule has 30 heavy (non-hydrogen) atoms. The number of carbonyl (C=O) groups excluding carboxylic acids is 1. The zero-order valence-electron chi connectivity index (χ0n) is 17.2. The molecule has 0 spiro atoms. The van der Waals surface area contributed by atoms with Crippen LogP contribution in [-0.4, -0.2) is 68.2 Å². The van der Waals surface area contributed by atoms with E-state index in [1.165, 1.54) is 12.8 Å². The summed E-state index contributed by atoms with van der Waals surface area (Å²) in [7, 11) is 0. The molecule has 2 N–H and O–H groups in total. The maximum Gasteiger partial charge on any atom is 0.254 e. The third-order valence-corrected chi connectivity index (χ3v) is 6.60. The Morgan fingerprint density at radius 3 is 2.67 bits per heavy atom. The van der Waals surface area contributed by atoms with Crippen LogP contribution in [0.4, 0.5) is 0 Å². The normalized spacial score (nSPS) is 20.8. The minimum atomic E-state index is 0.0386. The first-order chi connectivity index (χ1) is 14.6. The fourth-order valence-electron chi connectivity index (χ4n) is 4.67. The van der Waals surface area contributed by atoms with Crippen LogP contribution in [0.25, 0.3) is 22.3 Å².